The first kappa shape index (κ1) is 16.6. The third kappa shape index (κ3) is 2.32. The van der Waals surface area contributed by atoms with Crippen LogP contribution in [0.3, 0.4) is 0 Å². The molecule has 0 radical (unpaired) electrons. The maximum Gasteiger partial charge on any atom is 0.332 e. The van der Waals surface area contributed by atoms with Gasteiger partial charge < -0.3 is 14.4 Å². The lowest BCUT2D eigenvalue weighted by atomic mass is 10.3. The van der Waals surface area contributed by atoms with Gasteiger partial charge in [-0.15, -0.1) is 12.4 Å². The summed E-state index contributed by atoms with van der Waals surface area (Å²) in [4.78, 5) is 33.3. The van der Waals surface area contributed by atoms with E-state index in [9.17, 15) is 9.59 Å². The Morgan fingerprint density at radius 3 is 2.05 bits per heavy atom. The van der Waals surface area contributed by atoms with Crippen molar-refractivity contribution in [2.45, 2.75) is 0 Å². The summed E-state index contributed by atoms with van der Waals surface area (Å²) in [7, 11) is 7.05. The number of halogens is 1. The highest BCUT2D eigenvalue weighted by Crippen LogP contribution is 2.18. The Bertz CT molecular complexity index is 813. The first-order chi connectivity index (χ1) is 9.91. The minimum Gasteiger partial charge on any atom is -0.340 e. The van der Waals surface area contributed by atoms with Gasteiger partial charge in [0.05, 0.1) is 0 Å². The van der Waals surface area contributed by atoms with Crippen LogP contribution in [-0.4, -0.2) is 56.8 Å². The molecule has 1 saturated heterocycles. The molecule has 3 heterocycles. The third-order valence-corrected chi connectivity index (χ3v) is 4.24. The minimum atomic E-state index is -0.351. The molecule has 1 aliphatic heterocycles. The number of aryl methyl sites for hydroxylation is 2. The third-order valence-electron chi connectivity index (χ3n) is 4.24. The van der Waals surface area contributed by atoms with Crippen molar-refractivity contribution in [3.8, 4) is 0 Å². The van der Waals surface area contributed by atoms with Gasteiger partial charge in [-0.3, -0.25) is 13.9 Å². The van der Waals surface area contributed by atoms with E-state index in [1.165, 1.54) is 11.6 Å². The molecule has 0 aliphatic carbocycles. The molecule has 8 nitrogen and oxygen atoms in total. The highest BCUT2D eigenvalue weighted by molar-refractivity contribution is 5.85. The van der Waals surface area contributed by atoms with Gasteiger partial charge in [0.15, 0.2) is 11.2 Å². The molecule has 0 atom stereocenters. The van der Waals surface area contributed by atoms with Gasteiger partial charge in [-0.05, 0) is 7.05 Å². The monoisotopic (exact) mass is 328 g/mol. The van der Waals surface area contributed by atoms with Crippen LogP contribution in [0.2, 0.25) is 0 Å². The highest BCUT2D eigenvalue weighted by Gasteiger charge is 2.22. The average molecular weight is 329 g/mol. The topological polar surface area (TPSA) is 68.3 Å². The number of rotatable bonds is 1. The highest BCUT2D eigenvalue weighted by atomic mass is 35.5. The van der Waals surface area contributed by atoms with E-state index in [0.29, 0.717) is 11.2 Å². The van der Waals surface area contributed by atoms with Crippen LogP contribution in [0.4, 0.5) is 5.95 Å². The Hall–Kier alpha value is -1.80. The van der Waals surface area contributed by atoms with Crippen LogP contribution in [0.5, 0.6) is 0 Å². The smallest absolute Gasteiger partial charge is 0.332 e. The van der Waals surface area contributed by atoms with Crippen LogP contribution < -0.4 is 16.1 Å². The molecule has 1 aliphatic rings. The normalized spacial score (nSPS) is 16.1. The summed E-state index contributed by atoms with van der Waals surface area (Å²) in [6.07, 6.45) is 0. The Balaban J connectivity index is 0.00000176. The van der Waals surface area contributed by atoms with Crippen molar-refractivity contribution < 1.29 is 0 Å². The Morgan fingerprint density at radius 1 is 0.864 bits per heavy atom. The molecule has 0 saturated carbocycles. The summed E-state index contributed by atoms with van der Waals surface area (Å²) in [5.74, 6) is 0.747. The predicted molar refractivity (Wildman–Crippen MR) is 88.2 cm³/mol. The zero-order valence-corrected chi connectivity index (χ0v) is 14.1. The van der Waals surface area contributed by atoms with Crippen molar-refractivity contribution in [1.29, 1.82) is 0 Å². The zero-order chi connectivity index (χ0) is 15.3. The van der Waals surface area contributed by atoms with E-state index < -0.39 is 0 Å². The molecule has 122 valence electrons. The molecule has 3 rings (SSSR count). The SMILES string of the molecule is CN1CCN(c2nc3c(c(=O)n(C)c(=O)n3C)n2C)CC1.Cl. The lowest BCUT2D eigenvalue weighted by molar-refractivity contribution is 0.310. The summed E-state index contributed by atoms with van der Waals surface area (Å²) in [6, 6.07) is 0. The number of likely N-dealkylation sites (N-methyl/N-ethyl adjacent to an activating group) is 1. The van der Waals surface area contributed by atoms with Crippen LogP contribution in [0.15, 0.2) is 9.59 Å². The van der Waals surface area contributed by atoms with Crippen molar-refractivity contribution in [2.75, 3.05) is 38.1 Å². The number of piperazine rings is 1. The van der Waals surface area contributed by atoms with Crippen LogP contribution in [0, 0.1) is 0 Å². The Morgan fingerprint density at radius 2 is 1.45 bits per heavy atom. The second kappa shape index (κ2) is 5.77. The summed E-state index contributed by atoms with van der Waals surface area (Å²) < 4.78 is 4.34. The van der Waals surface area contributed by atoms with Crippen LogP contribution in [0.25, 0.3) is 11.2 Å². The van der Waals surface area contributed by atoms with Crippen molar-refractivity contribution in [2.24, 2.45) is 21.1 Å². The van der Waals surface area contributed by atoms with Crippen LogP contribution in [-0.2, 0) is 21.1 Å². The summed E-state index contributed by atoms with van der Waals surface area (Å²) in [6.45, 7) is 3.64. The van der Waals surface area contributed by atoms with Crippen molar-refractivity contribution in [1.82, 2.24) is 23.6 Å². The Kier molecular flexibility index (Phi) is 4.35. The zero-order valence-electron chi connectivity index (χ0n) is 13.2. The first-order valence-electron chi connectivity index (χ1n) is 6.97. The number of nitrogens with zero attached hydrogens (tertiary/aromatic N) is 6. The summed E-state index contributed by atoms with van der Waals surface area (Å²) in [5.41, 5.74) is 0.257. The fourth-order valence-corrected chi connectivity index (χ4v) is 2.80. The molecule has 2 aromatic rings. The van der Waals surface area contributed by atoms with Crippen molar-refractivity contribution >= 4 is 29.5 Å². The fourth-order valence-electron chi connectivity index (χ4n) is 2.80. The van der Waals surface area contributed by atoms with Crippen molar-refractivity contribution in [3.63, 3.8) is 0 Å². The lowest BCUT2D eigenvalue weighted by Gasteiger charge is -2.32. The Labute approximate surface area is 134 Å². The second-order valence-electron chi connectivity index (χ2n) is 5.64. The standard InChI is InChI=1S/C13H20N6O2.ClH/c1-15-5-7-19(8-6-15)12-14-10-9(16(12)2)11(20)18(4)13(21)17(10)3;/h5-8H2,1-4H3;1H. The van der Waals surface area contributed by atoms with Gasteiger partial charge >= 0.3 is 5.69 Å². The van der Waals surface area contributed by atoms with E-state index in [2.05, 4.69) is 21.8 Å². The van der Waals surface area contributed by atoms with E-state index in [1.807, 2.05) is 7.05 Å². The number of anilines is 1. The van der Waals surface area contributed by atoms with Gasteiger partial charge in [-0.2, -0.15) is 4.98 Å². The summed E-state index contributed by atoms with van der Waals surface area (Å²) >= 11 is 0. The minimum absolute atomic E-state index is 0. The molecule has 9 heteroatoms. The molecular formula is C13H21ClN6O2. The maximum atomic E-state index is 12.3. The molecular weight excluding hydrogens is 308 g/mol. The van der Waals surface area contributed by atoms with E-state index in [1.54, 1.807) is 11.6 Å². The van der Waals surface area contributed by atoms with Gasteiger partial charge in [0, 0.05) is 47.3 Å². The number of aromatic nitrogens is 4. The van der Waals surface area contributed by atoms with Crippen molar-refractivity contribution in [3.05, 3.63) is 20.8 Å². The van der Waals surface area contributed by atoms with Gasteiger partial charge in [-0.1, -0.05) is 0 Å². The van der Waals surface area contributed by atoms with Gasteiger partial charge in [0.25, 0.3) is 5.56 Å². The van der Waals surface area contributed by atoms with E-state index in [-0.39, 0.29) is 23.7 Å². The number of hydrogen-bond acceptors (Lipinski definition) is 5. The van der Waals surface area contributed by atoms with Gasteiger partial charge in [0.1, 0.15) is 0 Å². The number of hydrogen-bond donors (Lipinski definition) is 0. The average Bonchev–Trinajstić information content (AvgIpc) is 2.81. The summed E-state index contributed by atoms with van der Waals surface area (Å²) in [5, 5.41) is 0. The second-order valence-corrected chi connectivity index (χ2v) is 5.64. The van der Waals surface area contributed by atoms with Gasteiger partial charge in [0.2, 0.25) is 5.95 Å². The molecule has 1 fully saturated rings. The quantitative estimate of drug-likeness (QED) is 0.682. The largest absolute Gasteiger partial charge is 0.340 e. The fraction of sp³-hybridized carbons (Fsp3) is 0.615. The lowest BCUT2D eigenvalue weighted by Crippen LogP contribution is -2.45. The van der Waals surface area contributed by atoms with Gasteiger partial charge in [-0.25, -0.2) is 4.79 Å². The maximum absolute atomic E-state index is 12.3. The molecule has 22 heavy (non-hydrogen) atoms. The number of imidazole rings is 1. The molecule has 0 amide bonds. The first-order valence-corrected chi connectivity index (χ1v) is 6.97. The molecule has 0 spiro atoms. The molecule has 0 unspecified atom stereocenters. The van der Waals surface area contributed by atoms with Crippen LogP contribution in [0.1, 0.15) is 0 Å². The van der Waals surface area contributed by atoms with E-state index in [4.69, 9.17) is 0 Å². The molecule has 0 bridgehead atoms. The van der Waals surface area contributed by atoms with Crippen LogP contribution >= 0.6 is 12.4 Å². The molecule has 0 aromatic carbocycles. The molecule has 2 aromatic heterocycles. The molecule has 0 N–H and O–H groups in total. The predicted octanol–water partition coefficient (Wildman–Crippen LogP) is -0.856. The van der Waals surface area contributed by atoms with E-state index in [0.717, 1.165) is 36.7 Å². The van der Waals surface area contributed by atoms with E-state index >= 15 is 0 Å². The number of fused-ring (bicyclic) bond motifs is 1.